The van der Waals surface area contributed by atoms with E-state index in [-0.39, 0.29) is 5.92 Å². The lowest BCUT2D eigenvalue weighted by molar-refractivity contribution is -0.137. The number of carbonyl (C=O) groups is 1. The van der Waals surface area contributed by atoms with Gasteiger partial charge in [0.15, 0.2) is 0 Å². The van der Waals surface area contributed by atoms with Gasteiger partial charge in [0.25, 0.3) is 0 Å². The van der Waals surface area contributed by atoms with Gasteiger partial charge in [-0.25, -0.2) is 0 Å². The van der Waals surface area contributed by atoms with E-state index in [1.165, 1.54) is 0 Å². The van der Waals surface area contributed by atoms with Gasteiger partial charge in [0, 0.05) is 44.2 Å². The molecule has 4 rings (SSSR count). The molecule has 0 aliphatic carbocycles. The summed E-state index contributed by atoms with van der Waals surface area (Å²) in [5, 5.41) is 4.34. The molecule has 0 saturated carbocycles. The molecule has 6 heteroatoms. The van der Waals surface area contributed by atoms with Crippen LogP contribution in [0.4, 0.5) is 0 Å². The molecule has 0 unspecified atom stereocenters. The van der Waals surface area contributed by atoms with E-state index in [9.17, 15) is 4.79 Å². The van der Waals surface area contributed by atoms with Crippen LogP contribution in [0.25, 0.3) is 0 Å². The second-order valence-electron chi connectivity index (χ2n) is 7.24. The van der Waals surface area contributed by atoms with Gasteiger partial charge >= 0.3 is 0 Å². The minimum absolute atomic E-state index is 0.102. The molecular formula is C17H26N4O2. The van der Waals surface area contributed by atoms with Crippen LogP contribution in [-0.4, -0.2) is 70.9 Å². The monoisotopic (exact) mass is 318 g/mol. The zero-order chi connectivity index (χ0) is 15.8. The molecule has 1 aromatic rings. The zero-order valence-electron chi connectivity index (χ0n) is 13.8. The molecule has 0 bridgehead atoms. The number of ether oxygens (including phenoxy) is 1. The number of amides is 1. The van der Waals surface area contributed by atoms with E-state index in [1.807, 2.05) is 23.1 Å². The number of rotatable bonds is 3. The lowest BCUT2D eigenvalue weighted by Crippen LogP contribution is -2.49. The normalized spacial score (nSPS) is 34.7. The molecule has 3 fully saturated rings. The maximum Gasteiger partial charge on any atom is 0.228 e. The summed E-state index contributed by atoms with van der Waals surface area (Å²) in [5.74, 6) is 1.02. The van der Waals surface area contributed by atoms with Gasteiger partial charge < -0.3 is 9.64 Å². The summed E-state index contributed by atoms with van der Waals surface area (Å²) in [6, 6.07) is 3.11. The minimum Gasteiger partial charge on any atom is -0.381 e. The second-order valence-corrected chi connectivity index (χ2v) is 7.24. The van der Waals surface area contributed by atoms with Crippen LogP contribution in [0, 0.1) is 11.8 Å². The van der Waals surface area contributed by atoms with E-state index < -0.39 is 0 Å². The third-order valence-electron chi connectivity index (χ3n) is 5.92. The number of hydrogen-bond donors (Lipinski definition) is 0. The molecule has 0 aromatic carbocycles. The fourth-order valence-electron chi connectivity index (χ4n) is 4.59. The Labute approximate surface area is 137 Å². The number of fused-ring (bicyclic) bond motifs is 1. The summed E-state index contributed by atoms with van der Waals surface area (Å²) in [4.78, 5) is 17.2. The number of likely N-dealkylation sites (N-methyl/N-ethyl adjacent to an activating group) is 1. The highest BCUT2D eigenvalue weighted by Gasteiger charge is 2.43. The first kappa shape index (κ1) is 15.1. The van der Waals surface area contributed by atoms with Crippen molar-refractivity contribution in [3.63, 3.8) is 0 Å². The standard InChI is InChI=1S/C17H26N4O2/c1-19-15(11-21-6-2-5-18-21)9-14-10-20(7-3-16(14)19)17(22)13-4-8-23-12-13/h2,5-6,13-16H,3-4,7-12H2,1H3/t13-,14+,15+,16-/m0/s1. The number of piperidine rings is 1. The second kappa shape index (κ2) is 6.24. The van der Waals surface area contributed by atoms with E-state index >= 15 is 0 Å². The fraction of sp³-hybridized carbons (Fsp3) is 0.765. The molecule has 1 amide bonds. The van der Waals surface area contributed by atoms with E-state index in [0.717, 1.165) is 45.5 Å². The molecule has 3 aliphatic heterocycles. The predicted molar refractivity (Wildman–Crippen MR) is 85.8 cm³/mol. The van der Waals surface area contributed by atoms with Crippen LogP contribution in [-0.2, 0) is 16.1 Å². The third-order valence-corrected chi connectivity index (χ3v) is 5.92. The Morgan fingerprint density at radius 1 is 1.39 bits per heavy atom. The van der Waals surface area contributed by atoms with Crippen LogP contribution in [0.2, 0.25) is 0 Å². The molecule has 0 N–H and O–H groups in total. The molecule has 23 heavy (non-hydrogen) atoms. The third kappa shape index (κ3) is 2.90. The van der Waals surface area contributed by atoms with Crippen LogP contribution in [0.3, 0.4) is 0 Å². The molecule has 4 atom stereocenters. The zero-order valence-corrected chi connectivity index (χ0v) is 13.8. The molecule has 3 aliphatic rings. The van der Waals surface area contributed by atoms with Crippen molar-refractivity contribution < 1.29 is 9.53 Å². The molecule has 6 nitrogen and oxygen atoms in total. The summed E-state index contributed by atoms with van der Waals surface area (Å²) in [6.45, 7) is 4.12. The summed E-state index contributed by atoms with van der Waals surface area (Å²) in [6.07, 6.45) is 7.02. The van der Waals surface area contributed by atoms with Gasteiger partial charge in [-0.2, -0.15) is 5.10 Å². The predicted octanol–water partition coefficient (Wildman–Crippen LogP) is 0.841. The Bertz CT molecular complexity index is 541. The van der Waals surface area contributed by atoms with E-state index in [2.05, 4.69) is 21.9 Å². The average molecular weight is 318 g/mol. The van der Waals surface area contributed by atoms with Crippen molar-refractivity contribution in [2.24, 2.45) is 11.8 Å². The molecule has 126 valence electrons. The number of aromatic nitrogens is 2. The van der Waals surface area contributed by atoms with E-state index in [1.54, 1.807) is 0 Å². The van der Waals surface area contributed by atoms with Gasteiger partial charge in [0.2, 0.25) is 5.91 Å². The quantitative estimate of drug-likeness (QED) is 0.829. The summed E-state index contributed by atoms with van der Waals surface area (Å²) < 4.78 is 7.41. The highest BCUT2D eigenvalue weighted by molar-refractivity contribution is 5.79. The lowest BCUT2D eigenvalue weighted by atomic mass is 9.91. The summed E-state index contributed by atoms with van der Waals surface area (Å²) in [7, 11) is 2.24. The number of nitrogens with zero attached hydrogens (tertiary/aromatic N) is 4. The van der Waals surface area contributed by atoms with Gasteiger partial charge in [0.1, 0.15) is 0 Å². The minimum atomic E-state index is 0.102. The molecule has 4 heterocycles. The highest BCUT2D eigenvalue weighted by atomic mass is 16.5. The van der Waals surface area contributed by atoms with Crippen molar-refractivity contribution in [2.75, 3.05) is 33.4 Å². The SMILES string of the molecule is CN1[C@@H](Cn2cccn2)C[C@@H]2CN(C(=O)[C@H]3CCOC3)CC[C@@H]21. The van der Waals surface area contributed by atoms with Crippen molar-refractivity contribution in [3.8, 4) is 0 Å². The average Bonchev–Trinajstić information content (AvgIpc) is 3.30. The molecule has 0 radical (unpaired) electrons. The van der Waals surface area contributed by atoms with Gasteiger partial charge in [-0.05, 0) is 38.3 Å². The maximum atomic E-state index is 12.6. The Morgan fingerprint density at radius 3 is 3.04 bits per heavy atom. The van der Waals surface area contributed by atoms with Crippen LogP contribution in [0.15, 0.2) is 18.5 Å². The van der Waals surface area contributed by atoms with Gasteiger partial charge in [0.05, 0.1) is 19.1 Å². The number of carbonyl (C=O) groups excluding carboxylic acids is 1. The largest absolute Gasteiger partial charge is 0.381 e. The molecule has 0 spiro atoms. The van der Waals surface area contributed by atoms with Crippen molar-refractivity contribution in [2.45, 2.75) is 37.9 Å². The molecular weight excluding hydrogens is 292 g/mol. The van der Waals surface area contributed by atoms with Crippen molar-refractivity contribution in [3.05, 3.63) is 18.5 Å². The molecule has 1 aromatic heterocycles. The Balaban J connectivity index is 1.38. The first-order chi connectivity index (χ1) is 11.2. The van der Waals surface area contributed by atoms with Crippen LogP contribution in [0.5, 0.6) is 0 Å². The van der Waals surface area contributed by atoms with Crippen molar-refractivity contribution in [1.82, 2.24) is 19.6 Å². The van der Waals surface area contributed by atoms with Gasteiger partial charge in [-0.1, -0.05) is 0 Å². The topological polar surface area (TPSA) is 50.6 Å². The number of hydrogen-bond acceptors (Lipinski definition) is 4. The lowest BCUT2D eigenvalue weighted by Gasteiger charge is -2.38. The van der Waals surface area contributed by atoms with Crippen LogP contribution >= 0.6 is 0 Å². The first-order valence-electron chi connectivity index (χ1n) is 8.78. The van der Waals surface area contributed by atoms with Gasteiger partial charge in [-0.3, -0.25) is 14.4 Å². The first-order valence-corrected chi connectivity index (χ1v) is 8.78. The van der Waals surface area contributed by atoms with Crippen molar-refractivity contribution >= 4 is 5.91 Å². The smallest absolute Gasteiger partial charge is 0.228 e. The van der Waals surface area contributed by atoms with E-state index in [0.29, 0.717) is 30.5 Å². The van der Waals surface area contributed by atoms with Crippen LogP contribution < -0.4 is 0 Å². The fourth-order valence-corrected chi connectivity index (χ4v) is 4.59. The molecule has 3 saturated heterocycles. The van der Waals surface area contributed by atoms with Gasteiger partial charge in [-0.15, -0.1) is 0 Å². The Hall–Kier alpha value is -1.40. The summed E-state index contributed by atoms with van der Waals surface area (Å²) in [5.41, 5.74) is 0. The van der Waals surface area contributed by atoms with Crippen LogP contribution in [0.1, 0.15) is 19.3 Å². The summed E-state index contributed by atoms with van der Waals surface area (Å²) >= 11 is 0. The highest BCUT2D eigenvalue weighted by Crippen LogP contribution is 2.35. The van der Waals surface area contributed by atoms with E-state index in [4.69, 9.17) is 4.74 Å². The Kier molecular flexibility index (Phi) is 4.11. The van der Waals surface area contributed by atoms with Crippen molar-refractivity contribution in [1.29, 1.82) is 0 Å². The Morgan fingerprint density at radius 2 is 2.30 bits per heavy atom. The number of likely N-dealkylation sites (tertiary alicyclic amines) is 2. The maximum absolute atomic E-state index is 12.6.